The first-order valence-corrected chi connectivity index (χ1v) is 16.7. The molecule has 9 heteroatoms. The molecule has 4 atom stereocenters. The van der Waals surface area contributed by atoms with Gasteiger partial charge in [0.15, 0.2) is 0 Å². The lowest BCUT2D eigenvalue weighted by molar-refractivity contribution is -0.139. The van der Waals surface area contributed by atoms with Crippen molar-refractivity contribution >= 4 is 35.0 Å². The second-order valence-corrected chi connectivity index (χ2v) is 14.1. The Morgan fingerprint density at radius 1 is 0.851 bits per heavy atom. The topological polar surface area (TPSA) is 117 Å². The lowest BCUT2D eigenvalue weighted by atomic mass is 9.87. The molecule has 2 aliphatic heterocycles. The van der Waals surface area contributed by atoms with Gasteiger partial charge in [-0.05, 0) is 90.1 Å². The fraction of sp³-hybridized carbons (Fsp3) is 0.447. The van der Waals surface area contributed by atoms with E-state index in [-0.39, 0.29) is 35.2 Å². The quantitative estimate of drug-likeness (QED) is 0.230. The van der Waals surface area contributed by atoms with Gasteiger partial charge in [0.05, 0.1) is 19.2 Å². The smallest absolute Gasteiger partial charge is 0.407 e. The Bertz CT molecular complexity index is 1550. The minimum atomic E-state index is -0.772. The van der Waals surface area contributed by atoms with Crippen LogP contribution in [0.25, 0.3) is 0 Å². The molecule has 4 unspecified atom stereocenters. The number of rotatable bonds is 8. The van der Waals surface area contributed by atoms with Gasteiger partial charge in [-0.2, -0.15) is 0 Å². The number of anilines is 3. The van der Waals surface area contributed by atoms with Crippen molar-refractivity contribution in [2.75, 3.05) is 29.6 Å². The average molecular weight is 640 g/mol. The Hall–Kier alpha value is -4.53. The lowest BCUT2D eigenvalue weighted by Crippen LogP contribution is -2.54. The maximum atomic E-state index is 13.5. The summed E-state index contributed by atoms with van der Waals surface area (Å²) in [5.74, 6) is -0.662. The third-order valence-corrected chi connectivity index (χ3v) is 9.53. The van der Waals surface area contributed by atoms with Gasteiger partial charge in [-0.3, -0.25) is 9.59 Å². The molecule has 3 amide bonds. The maximum absolute atomic E-state index is 13.5. The molecule has 250 valence electrons. The van der Waals surface area contributed by atoms with Crippen LogP contribution in [0.15, 0.2) is 72.8 Å². The van der Waals surface area contributed by atoms with Crippen LogP contribution in [-0.2, 0) is 19.7 Å². The van der Waals surface area contributed by atoms with Crippen LogP contribution in [0, 0.1) is 5.92 Å². The zero-order chi connectivity index (χ0) is 33.9. The number of carbonyl (C=O) groups excluding carboxylic acids is 3. The number of nitrogen functional groups attached to an aromatic ring is 1. The molecule has 4 N–H and O–H groups in total. The van der Waals surface area contributed by atoms with Crippen LogP contribution in [0.4, 0.5) is 21.9 Å². The van der Waals surface area contributed by atoms with Crippen LogP contribution in [0.2, 0.25) is 0 Å². The summed E-state index contributed by atoms with van der Waals surface area (Å²) in [5.41, 5.74) is 12.4. The summed E-state index contributed by atoms with van der Waals surface area (Å²) in [5, 5.41) is 5.67. The fourth-order valence-corrected chi connectivity index (χ4v) is 6.87. The van der Waals surface area contributed by atoms with Gasteiger partial charge in [0, 0.05) is 23.6 Å². The van der Waals surface area contributed by atoms with Gasteiger partial charge in [-0.25, -0.2) is 4.79 Å². The summed E-state index contributed by atoms with van der Waals surface area (Å²) >= 11 is 0. The van der Waals surface area contributed by atoms with E-state index in [9.17, 15) is 14.4 Å². The summed E-state index contributed by atoms with van der Waals surface area (Å²) in [4.78, 5) is 42.9. The van der Waals surface area contributed by atoms with Gasteiger partial charge < -0.3 is 30.9 Å². The highest BCUT2D eigenvalue weighted by atomic mass is 16.5. The average Bonchev–Trinajstić information content (AvgIpc) is 3.72. The Morgan fingerprint density at radius 2 is 1.43 bits per heavy atom. The molecule has 3 aromatic rings. The molecule has 0 bridgehead atoms. The van der Waals surface area contributed by atoms with Crippen molar-refractivity contribution in [2.45, 2.75) is 89.9 Å². The molecule has 9 nitrogen and oxygen atoms in total. The monoisotopic (exact) mass is 639 g/mol. The second kappa shape index (κ2) is 14.1. The standard InChI is InChI=1S/C38H49N5O4/c1-24(2)34(41-37(46)47-6)36(45)42-23-7-8-33(42)35(44)40-29-17-11-26(12-18-29)32-22-21-31(25-9-15-28(39)16-10-25)43(32)30-19-13-27(14-20-30)38(3,4)5/h9-20,24,31-34H,7-8,21-23,39H2,1-6H3,(H,40,44)(H,41,46). The van der Waals surface area contributed by atoms with Crippen molar-refractivity contribution < 1.29 is 19.1 Å². The van der Waals surface area contributed by atoms with E-state index in [1.54, 1.807) is 4.90 Å². The number of nitrogens with two attached hydrogens (primary N) is 1. The van der Waals surface area contributed by atoms with Gasteiger partial charge >= 0.3 is 6.09 Å². The molecule has 0 aromatic heterocycles. The first-order chi connectivity index (χ1) is 22.4. The number of ether oxygens (including phenoxy) is 1. The predicted molar refractivity (Wildman–Crippen MR) is 187 cm³/mol. The van der Waals surface area contributed by atoms with Gasteiger partial charge in [-0.15, -0.1) is 0 Å². The van der Waals surface area contributed by atoms with E-state index >= 15 is 0 Å². The van der Waals surface area contributed by atoms with Gasteiger partial charge in [0.1, 0.15) is 12.1 Å². The molecular weight excluding hydrogens is 590 g/mol. The summed E-state index contributed by atoms with van der Waals surface area (Å²) < 4.78 is 4.72. The van der Waals surface area contributed by atoms with Crippen LogP contribution in [0.5, 0.6) is 0 Å². The van der Waals surface area contributed by atoms with E-state index in [2.05, 4.69) is 84.8 Å². The Kier molecular flexibility index (Phi) is 10.1. The van der Waals surface area contributed by atoms with E-state index in [0.29, 0.717) is 18.7 Å². The van der Waals surface area contributed by atoms with Crippen LogP contribution in [0.1, 0.15) is 89.1 Å². The van der Waals surface area contributed by atoms with Crippen molar-refractivity contribution in [3.05, 3.63) is 89.5 Å². The largest absolute Gasteiger partial charge is 0.453 e. The Labute approximate surface area is 278 Å². The van der Waals surface area contributed by atoms with E-state index in [4.69, 9.17) is 10.5 Å². The number of carbonyl (C=O) groups is 3. The predicted octanol–water partition coefficient (Wildman–Crippen LogP) is 6.96. The molecule has 0 radical (unpaired) electrons. The molecule has 2 aliphatic rings. The minimum absolute atomic E-state index is 0.0679. The first-order valence-electron chi connectivity index (χ1n) is 16.7. The van der Waals surface area contributed by atoms with Crippen molar-refractivity contribution in [1.29, 1.82) is 0 Å². The number of methoxy groups -OCH3 is 1. The number of amides is 3. The van der Waals surface area contributed by atoms with Gasteiger partial charge in [0.2, 0.25) is 11.8 Å². The molecule has 2 fully saturated rings. The fourth-order valence-electron chi connectivity index (χ4n) is 6.87. The van der Waals surface area contributed by atoms with E-state index in [0.717, 1.165) is 24.9 Å². The van der Waals surface area contributed by atoms with Crippen molar-refractivity contribution in [1.82, 2.24) is 10.2 Å². The van der Waals surface area contributed by atoms with Crippen molar-refractivity contribution in [3.63, 3.8) is 0 Å². The molecule has 2 heterocycles. The van der Waals surface area contributed by atoms with Gasteiger partial charge in [0.25, 0.3) is 0 Å². The molecule has 0 saturated carbocycles. The van der Waals surface area contributed by atoms with Crippen LogP contribution in [0.3, 0.4) is 0 Å². The molecule has 0 spiro atoms. The number of hydrogen-bond donors (Lipinski definition) is 3. The van der Waals surface area contributed by atoms with Crippen LogP contribution in [-0.4, -0.2) is 48.5 Å². The Morgan fingerprint density at radius 3 is 1.96 bits per heavy atom. The first kappa shape index (κ1) is 33.8. The lowest BCUT2D eigenvalue weighted by Gasteiger charge is -2.34. The maximum Gasteiger partial charge on any atom is 0.407 e. The Balaban J connectivity index is 1.33. The SMILES string of the molecule is COC(=O)NC(C(=O)N1CCCC1C(=O)Nc1ccc(C2CCC(c3ccc(N)cc3)N2c2ccc(C(C)(C)C)cc2)cc1)C(C)C. The van der Waals surface area contributed by atoms with Gasteiger partial charge in [-0.1, -0.05) is 71.0 Å². The van der Waals surface area contributed by atoms with Crippen molar-refractivity contribution in [3.8, 4) is 0 Å². The highest BCUT2D eigenvalue weighted by Gasteiger charge is 2.39. The van der Waals surface area contributed by atoms with E-state index in [1.807, 2.05) is 38.1 Å². The highest BCUT2D eigenvalue weighted by molar-refractivity contribution is 5.98. The van der Waals surface area contributed by atoms with Crippen LogP contribution < -0.4 is 21.3 Å². The molecule has 3 aromatic carbocycles. The number of likely N-dealkylation sites (tertiary alicyclic amines) is 1. The zero-order valence-electron chi connectivity index (χ0n) is 28.5. The van der Waals surface area contributed by atoms with Crippen molar-refractivity contribution in [2.24, 2.45) is 5.92 Å². The molecular formula is C38H49N5O4. The third-order valence-electron chi connectivity index (χ3n) is 9.53. The van der Waals surface area contributed by atoms with E-state index < -0.39 is 18.2 Å². The van der Waals surface area contributed by atoms with E-state index in [1.165, 1.54) is 29.5 Å². The highest BCUT2D eigenvalue weighted by Crippen LogP contribution is 2.47. The number of nitrogens with one attached hydrogen (secondary N) is 2. The minimum Gasteiger partial charge on any atom is -0.453 e. The summed E-state index contributed by atoms with van der Waals surface area (Å²) in [6, 6.07) is 24.2. The molecule has 2 saturated heterocycles. The normalized spacial score (nSPS) is 20.3. The summed E-state index contributed by atoms with van der Waals surface area (Å²) in [7, 11) is 1.27. The summed E-state index contributed by atoms with van der Waals surface area (Å²) in [6.45, 7) is 10.9. The zero-order valence-corrected chi connectivity index (χ0v) is 28.5. The molecule has 5 rings (SSSR count). The number of hydrogen-bond acceptors (Lipinski definition) is 6. The molecule has 47 heavy (non-hydrogen) atoms. The number of nitrogens with zero attached hydrogens (tertiary/aromatic N) is 2. The summed E-state index contributed by atoms with van der Waals surface area (Å²) in [6.07, 6.45) is 2.60. The number of benzene rings is 3. The molecule has 0 aliphatic carbocycles. The van der Waals surface area contributed by atoms with Crippen LogP contribution >= 0.6 is 0 Å². The third kappa shape index (κ3) is 7.56. The second-order valence-electron chi connectivity index (χ2n) is 14.1. The number of alkyl carbamates (subject to hydrolysis) is 1.